The molecule has 1 aliphatic rings. The molecule has 5 nitrogen and oxygen atoms in total. The van der Waals surface area contributed by atoms with Crippen molar-refractivity contribution < 1.29 is 24.1 Å². The molecule has 0 saturated carbocycles. The Kier molecular flexibility index (Phi) is 9.67. The second kappa shape index (κ2) is 12.0. The van der Waals surface area contributed by atoms with Gasteiger partial charge in [0, 0.05) is 13.0 Å². The van der Waals surface area contributed by atoms with Gasteiger partial charge in [0.15, 0.2) is 6.29 Å². The topological polar surface area (TPSA) is 65.0 Å². The summed E-state index contributed by atoms with van der Waals surface area (Å²) in [6, 6.07) is 8.80. The lowest BCUT2D eigenvalue weighted by Gasteiger charge is -2.15. The smallest absolute Gasteiger partial charge is 0.338 e. The number of ether oxygens (including phenoxy) is 3. The molecule has 1 aromatic rings. The third-order valence-corrected chi connectivity index (χ3v) is 4.63. The van der Waals surface area contributed by atoms with Crippen LogP contribution in [-0.4, -0.2) is 42.8 Å². The van der Waals surface area contributed by atoms with Gasteiger partial charge in [0.05, 0.1) is 11.7 Å². The van der Waals surface area contributed by atoms with E-state index in [1.165, 1.54) is 32.1 Å². The van der Waals surface area contributed by atoms with Gasteiger partial charge >= 0.3 is 5.97 Å². The highest BCUT2D eigenvalue weighted by Crippen LogP contribution is 2.22. The lowest BCUT2D eigenvalue weighted by molar-refractivity contribution is -0.144. The van der Waals surface area contributed by atoms with E-state index < -0.39 is 24.5 Å². The zero-order chi connectivity index (χ0) is 18.6. The van der Waals surface area contributed by atoms with Crippen molar-refractivity contribution >= 4 is 5.97 Å². The molecular formula is C21H32O5. The second-order valence-corrected chi connectivity index (χ2v) is 6.86. The van der Waals surface area contributed by atoms with E-state index in [-0.39, 0.29) is 6.61 Å². The number of aliphatic hydroxyl groups excluding tert-OH is 1. The summed E-state index contributed by atoms with van der Waals surface area (Å²) in [5.41, 5.74) is 0.492. The molecule has 3 atom stereocenters. The number of unbranched alkanes of at least 4 members (excludes halogenated alkanes) is 6. The Balaban J connectivity index is 1.56. The van der Waals surface area contributed by atoms with Gasteiger partial charge in [0.1, 0.15) is 12.7 Å². The number of aliphatic hydroxyl groups is 1. The summed E-state index contributed by atoms with van der Waals surface area (Å²) in [6.45, 7) is 2.90. The van der Waals surface area contributed by atoms with Crippen molar-refractivity contribution in [1.82, 2.24) is 0 Å². The number of rotatable bonds is 12. The van der Waals surface area contributed by atoms with Crippen molar-refractivity contribution in [3.63, 3.8) is 0 Å². The number of benzene rings is 1. The normalized spacial score (nSPS) is 22.5. The molecule has 0 unspecified atom stereocenters. The van der Waals surface area contributed by atoms with Crippen LogP contribution in [0.3, 0.4) is 0 Å². The highest BCUT2D eigenvalue weighted by molar-refractivity contribution is 5.89. The van der Waals surface area contributed by atoms with Crippen LogP contribution in [0.4, 0.5) is 0 Å². The predicted molar refractivity (Wildman–Crippen MR) is 100.0 cm³/mol. The van der Waals surface area contributed by atoms with Crippen LogP contribution in [0.25, 0.3) is 0 Å². The average Bonchev–Trinajstić information content (AvgIpc) is 3.02. The van der Waals surface area contributed by atoms with Gasteiger partial charge in [-0.1, -0.05) is 63.6 Å². The van der Waals surface area contributed by atoms with Crippen LogP contribution in [0, 0.1) is 0 Å². The van der Waals surface area contributed by atoms with Crippen molar-refractivity contribution in [2.75, 3.05) is 13.2 Å². The van der Waals surface area contributed by atoms with Crippen LogP contribution < -0.4 is 0 Å². The zero-order valence-electron chi connectivity index (χ0n) is 15.8. The number of hydrogen-bond donors (Lipinski definition) is 1. The molecule has 2 rings (SSSR count). The maximum atomic E-state index is 11.9. The average molecular weight is 364 g/mol. The molecule has 0 amide bonds. The van der Waals surface area contributed by atoms with E-state index in [0.717, 1.165) is 12.8 Å². The largest absolute Gasteiger partial charge is 0.459 e. The minimum Gasteiger partial charge on any atom is -0.459 e. The van der Waals surface area contributed by atoms with E-state index in [1.54, 1.807) is 24.3 Å². The molecule has 1 N–H and O–H groups in total. The molecule has 0 radical (unpaired) electrons. The molecule has 1 fully saturated rings. The quantitative estimate of drug-likeness (QED) is 0.447. The van der Waals surface area contributed by atoms with Gasteiger partial charge in [-0.05, 0) is 18.6 Å². The zero-order valence-corrected chi connectivity index (χ0v) is 15.8. The number of carbonyl (C=O) groups excluding carboxylic acids is 1. The van der Waals surface area contributed by atoms with Crippen molar-refractivity contribution in [2.45, 2.75) is 76.8 Å². The first kappa shape index (κ1) is 20.9. The monoisotopic (exact) mass is 364 g/mol. The molecular weight excluding hydrogens is 332 g/mol. The van der Waals surface area contributed by atoms with Gasteiger partial charge in [-0.2, -0.15) is 0 Å². The highest BCUT2D eigenvalue weighted by Gasteiger charge is 2.35. The van der Waals surface area contributed by atoms with E-state index in [2.05, 4.69) is 6.92 Å². The third-order valence-electron chi connectivity index (χ3n) is 4.63. The van der Waals surface area contributed by atoms with Crippen LogP contribution in [0.15, 0.2) is 30.3 Å². The predicted octanol–water partition coefficient (Wildman–Crippen LogP) is 4.09. The number of esters is 1. The molecule has 0 aromatic heterocycles. The Bertz CT molecular complexity index is 504. The summed E-state index contributed by atoms with van der Waals surface area (Å²) in [5, 5.41) is 10.1. The van der Waals surface area contributed by atoms with Gasteiger partial charge < -0.3 is 19.3 Å². The van der Waals surface area contributed by atoms with Gasteiger partial charge in [-0.3, -0.25) is 0 Å². The SMILES string of the molecule is CCCCCCCCCO[C@@H]1C[C@@H](O)[C@@H](COC(=O)c2ccccc2)O1. The van der Waals surface area contributed by atoms with Crippen LogP contribution in [0.1, 0.15) is 68.6 Å². The van der Waals surface area contributed by atoms with Crippen molar-refractivity contribution in [2.24, 2.45) is 0 Å². The van der Waals surface area contributed by atoms with Gasteiger partial charge in [0.25, 0.3) is 0 Å². The first-order valence-electron chi connectivity index (χ1n) is 9.88. The van der Waals surface area contributed by atoms with E-state index in [9.17, 15) is 9.90 Å². The number of hydrogen-bond acceptors (Lipinski definition) is 5. The highest BCUT2D eigenvalue weighted by atomic mass is 16.7. The van der Waals surface area contributed by atoms with Crippen molar-refractivity contribution in [3.8, 4) is 0 Å². The fraction of sp³-hybridized carbons (Fsp3) is 0.667. The molecule has 146 valence electrons. The Morgan fingerprint density at radius 2 is 1.81 bits per heavy atom. The molecule has 5 heteroatoms. The minimum absolute atomic E-state index is 0.0339. The fourth-order valence-electron chi connectivity index (χ4n) is 3.04. The van der Waals surface area contributed by atoms with Crippen LogP contribution >= 0.6 is 0 Å². The van der Waals surface area contributed by atoms with Gasteiger partial charge in [-0.25, -0.2) is 4.79 Å². The maximum absolute atomic E-state index is 11.9. The fourth-order valence-corrected chi connectivity index (χ4v) is 3.04. The Hall–Kier alpha value is -1.43. The summed E-state index contributed by atoms with van der Waals surface area (Å²) < 4.78 is 16.6. The summed E-state index contributed by atoms with van der Waals surface area (Å²) in [4.78, 5) is 11.9. The van der Waals surface area contributed by atoms with Crippen LogP contribution in [0.2, 0.25) is 0 Å². The van der Waals surface area contributed by atoms with E-state index in [0.29, 0.717) is 18.6 Å². The Morgan fingerprint density at radius 3 is 2.54 bits per heavy atom. The van der Waals surface area contributed by atoms with Gasteiger partial charge in [-0.15, -0.1) is 0 Å². The summed E-state index contributed by atoms with van der Waals surface area (Å²) in [7, 11) is 0. The Labute approximate surface area is 156 Å². The van der Waals surface area contributed by atoms with Crippen LogP contribution in [-0.2, 0) is 14.2 Å². The first-order chi connectivity index (χ1) is 12.7. The molecule has 1 heterocycles. The molecule has 0 aliphatic carbocycles. The third kappa shape index (κ3) is 7.44. The summed E-state index contributed by atoms with van der Waals surface area (Å²) in [5.74, 6) is -0.408. The van der Waals surface area contributed by atoms with E-state index >= 15 is 0 Å². The van der Waals surface area contributed by atoms with Gasteiger partial charge in [0.2, 0.25) is 0 Å². The molecule has 1 saturated heterocycles. The Morgan fingerprint density at radius 1 is 1.12 bits per heavy atom. The summed E-state index contributed by atoms with van der Waals surface area (Å²) in [6.07, 6.45) is 7.43. The summed E-state index contributed by atoms with van der Waals surface area (Å²) >= 11 is 0. The number of carbonyl (C=O) groups is 1. The maximum Gasteiger partial charge on any atom is 0.338 e. The lowest BCUT2D eigenvalue weighted by Crippen LogP contribution is -2.28. The second-order valence-electron chi connectivity index (χ2n) is 6.86. The minimum atomic E-state index is -0.669. The molecule has 0 spiro atoms. The van der Waals surface area contributed by atoms with Crippen molar-refractivity contribution in [1.29, 1.82) is 0 Å². The lowest BCUT2D eigenvalue weighted by atomic mass is 10.1. The molecule has 26 heavy (non-hydrogen) atoms. The standard InChI is InChI=1S/C21H32O5/c1-2-3-4-5-6-7-11-14-24-20-15-18(22)19(26-20)16-25-21(23)17-12-9-8-10-13-17/h8-10,12-13,18-20,22H,2-7,11,14-16H2,1H3/t18-,19-,20+/m1/s1. The van der Waals surface area contributed by atoms with E-state index in [1.807, 2.05) is 6.07 Å². The molecule has 1 aliphatic heterocycles. The van der Waals surface area contributed by atoms with Crippen molar-refractivity contribution in [3.05, 3.63) is 35.9 Å². The van der Waals surface area contributed by atoms with Crippen LogP contribution in [0.5, 0.6) is 0 Å². The molecule has 0 bridgehead atoms. The molecule has 1 aromatic carbocycles. The first-order valence-corrected chi connectivity index (χ1v) is 9.88. The van der Waals surface area contributed by atoms with E-state index in [4.69, 9.17) is 14.2 Å².